The van der Waals surface area contributed by atoms with Gasteiger partial charge in [-0.3, -0.25) is 0 Å². The highest BCUT2D eigenvalue weighted by molar-refractivity contribution is 4.79. The molecule has 0 saturated heterocycles. The van der Waals surface area contributed by atoms with E-state index in [2.05, 4.69) is 39.9 Å². The Morgan fingerprint density at radius 3 is 2.31 bits per heavy atom. The van der Waals surface area contributed by atoms with Crippen molar-refractivity contribution in [2.24, 2.45) is 5.92 Å². The Balaban J connectivity index is 4.19. The van der Waals surface area contributed by atoms with Crippen LogP contribution in [-0.2, 0) is 4.74 Å². The average Bonchev–Trinajstić information content (AvgIpc) is 2.25. The van der Waals surface area contributed by atoms with E-state index >= 15 is 0 Å². The van der Waals surface area contributed by atoms with Crippen molar-refractivity contribution in [3.05, 3.63) is 0 Å². The molecular weight excluding hydrogens is 198 g/mol. The molecule has 0 aliphatic carbocycles. The van der Waals surface area contributed by atoms with Crippen LogP contribution in [0.4, 0.5) is 0 Å². The predicted molar refractivity (Wildman–Crippen MR) is 71.9 cm³/mol. The number of hydrogen-bond donors (Lipinski definition) is 1. The Kier molecular flexibility index (Phi) is 8.04. The lowest BCUT2D eigenvalue weighted by Crippen LogP contribution is -2.39. The number of rotatable bonds is 9. The van der Waals surface area contributed by atoms with E-state index in [1.807, 2.05) is 0 Å². The van der Waals surface area contributed by atoms with Crippen molar-refractivity contribution in [1.82, 2.24) is 5.32 Å². The fourth-order valence-electron chi connectivity index (χ4n) is 1.92. The van der Waals surface area contributed by atoms with E-state index in [1.54, 1.807) is 7.11 Å². The minimum atomic E-state index is -0.0150. The molecular formula is C14H31NO. The Morgan fingerprint density at radius 2 is 1.88 bits per heavy atom. The third-order valence-electron chi connectivity index (χ3n) is 3.36. The second-order valence-electron chi connectivity index (χ2n) is 5.57. The molecule has 0 amide bonds. The van der Waals surface area contributed by atoms with Crippen molar-refractivity contribution >= 4 is 0 Å². The maximum absolute atomic E-state index is 5.52. The number of nitrogens with one attached hydrogen (secondary N) is 1. The van der Waals surface area contributed by atoms with Crippen LogP contribution < -0.4 is 5.32 Å². The minimum Gasteiger partial charge on any atom is -0.379 e. The first-order valence-corrected chi connectivity index (χ1v) is 6.73. The highest BCUT2D eigenvalue weighted by atomic mass is 16.5. The van der Waals surface area contributed by atoms with Crippen LogP contribution in [0.3, 0.4) is 0 Å². The molecule has 0 aliphatic rings. The van der Waals surface area contributed by atoms with Gasteiger partial charge in [-0.25, -0.2) is 0 Å². The summed E-state index contributed by atoms with van der Waals surface area (Å²) in [6.45, 7) is 12.3. The zero-order valence-electron chi connectivity index (χ0n) is 12.1. The molecule has 0 spiro atoms. The third kappa shape index (κ3) is 7.24. The number of methoxy groups -OCH3 is 1. The molecule has 0 saturated carbocycles. The third-order valence-corrected chi connectivity index (χ3v) is 3.36. The molecule has 98 valence electrons. The first-order valence-electron chi connectivity index (χ1n) is 6.73. The van der Waals surface area contributed by atoms with Crippen molar-refractivity contribution in [2.45, 2.75) is 71.9 Å². The molecule has 0 aliphatic heterocycles. The van der Waals surface area contributed by atoms with Crippen LogP contribution >= 0.6 is 0 Å². The fraction of sp³-hybridized carbons (Fsp3) is 1.00. The minimum absolute atomic E-state index is 0.0150. The summed E-state index contributed by atoms with van der Waals surface area (Å²) < 4.78 is 5.52. The molecule has 2 unspecified atom stereocenters. The summed E-state index contributed by atoms with van der Waals surface area (Å²) in [7, 11) is 1.81. The first-order chi connectivity index (χ1) is 7.45. The van der Waals surface area contributed by atoms with E-state index in [1.165, 1.54) is 19.3 Å². The summed E-state index contributed by atoms with van der Waals surface area (Å²) in [5, 5.41) is 3.65. The van der Waals surface area contributed by atoms with Gasteiger partial charge in [-0.15, -0.1) is 0 Å². The predicted octanol–water partition coefficient (Wildman–Crippen LogP) is 3.61. The van der Waals surface area contributed by atoms with Crippen molar-refractivity contribution < 1.29 is 4.74 Å². The van der Waals surface area contributed by atoms with E-state index in [4.69, 9.17) is 4.74 Å². The van der Waals surface area contributed by atoms with Gasteiger partial charge in [-0.05, 0) is 45.6 Å². The van der Waals surface area contributed by atoms with Crippen LogP contribution in [0.5, 0.6) is 0 Å². The highest BCUT2D eigenvalue weighted by Crippen LogP contribution is 2.21. The number of ether oxygens (including phenoxy) is 1. The Bertz CT molecular complexity index is 168. The van der Waals surface area contributed by atoms with Crippen molar-refractivity contribution in [1.29, 1.82) is 0 Å². The Morgan fingerprint density at radius 1 is 1.25 bits per heavy atom. The summed E-state index contributed by atoms with van der Waals surface area (Å²) in [5.41, 5.74) is -0.0150. The lowest BCUT2D eigenvalue weighted by atomic mass is 9.91. The summed E-state index contributed by atoms with van der Waals surface area (Å²) in [5.74, 6) is 0.794. The van der Waals surface area contributed by atoms with E-state index in [-0.39, 0.29) is 5.60 Å². The van der Waals surface area contributed by atoms with Gasteiger partial charge in [-0.2, -0.15) is 0 Å². The molecule has 2 atom stereocenters. The summed E-state index contributed by atoms with van der Waals surface area (Å²) >= 11 is 0. The van der Waals surface area contributed by atoms with Gasteiger partial charge in [0.2, 0.25) is 0 Å². The molecule has 1 N–H and O–H groups in total. The molecule has 16 heavy (non-hydrogen) atoms. The van der Waals surface area contributed by atoms with Crippen LogP contribution in [0.2, 0.25) is 0 Å². The van der Waals surface area contributed by atoms with E-state index in [0.29, 0.717) is 6.04 Å². The molecule has 0 aromatic carbocycles. The SMILES string of the molecule is CCCNC(CC(C)CC)CC(C)(C)OC. The van der Waals surface area contributed by atoms with Crippen LogP contribution in [-0.4, -0.2) is 25.3 Å². The van der Waals surface area contributed by atoms with Crippen LogP contribution in [0, 0.1) is 5.92 Å². The van der Waals surface area contributed by atoms with Crippen LogP contribution in [0.15, 0.2) is 0 Å². The van der Waals surface area contributed by atoms with Gasteiger partial charge in [0, 0.05) is 13.2 Å². The van der Waals surface area contributed by atoms with Crippen molar-refractivity contribution in [3.63, 3.8) is 0 Å². The average molecular weight is 229 g/mol. The van der Waals surface area contributed by atoms with Gasteiger partial charge in [0.1, 0.15) is 0 Å². The lowest BCUT2D eigenvalue weighted by Gasteiger charge is -2.30. The van der Waals surface area contributed by atoms with E-state index in [9.17, 15) is 0 Å². The molecule has 0 rings (SSSR count). The second-order valence-corrected chi connectivity index (χ2v) is 5.57. The standard InChI is InChI=1S/C14H31NO/c1-7-9-15-13(10-12(3)8-2)11-14(4,5)16-6/h12-13,15H,7-11H2,1-6H3. The quantitative estimate of drug-likeness (QED) is 0.652. The van der Waals surface area contributed by atoms with Gasteiger partial charge < -0.3 is 10.1 Å². The second kappa shape index (κ2) is 8.08. The maximum atomic E-state index is 5.52. The monoisotopic (exact) mass is 229 g/mol. The zero-order valence-corrected chi connectivity index (χ0v) is 12.1. The Labute approximate surface area is 102 Å². The molecule has 0 radical (unpaired) electrons. The smallest absolute Gasteiger partial charge is 0.0637 e. The van der Waals surface area contributed by atoms with Gasteiger partial charge in [0.25, 0.3) is 0 Å². The summed E-state index contributed by atoms with van der Waals surface area (Å²) in [6.07, 6.45) is 4.80. The van der Waals surface area contributed by atoms with Crippen molar-refractivity contribution in [3.8, 4) is 0 Å². The van der Waals surface area contributed by atoms with E-state index in [0.717, 1.165) is 18.9 Å². The molecule has 0 aromatic rings. The van der Waals surface area contributed by atoms with Gasteiger partial charge in [0.05, 0.1) is 5.60 Å². The number of hydrogen-bond acceptors (Lipinski definition) is 2. The highest BCUT2D eigenvalue weighted by Gasteiger charge is 2.23. The normalized spacial score (nSPS) is 16.1. The molecule has 2 nitrogen and oxygen atoms in total. The van der Waals surface area contributed by atoms with Crippen molar-refractivity contribution in [2.75, 3.05) is 13.7 Å². The van der Waals surface area contributed by atoms with Gasteiger partial charge in [0.15, 0.2) is 0 Å². The Hall–Kier alpha value is -0.0800. The summed E-state index contributed by atoms with van der Waals surface area (Å²) in [6, 6.07) is 0.588. The first kappa shape index (κ1) is 15.9. The zero-order chi connectivity index (χ0) is 12.6. The van der Waals surface area contributed by atoms with E-state index < -0.39 is 0 Å². The van der Waals surface area contributed by atoms with Crippen LogP contribution in [0.1, 0.15) is 60.3 Å². The molecule has 0 aromatic heterocycles. The molecule has 0 heterocycles. The molecule has 0 fully saturated rings. The largest absolute Gasteiger partial charge is 0.379 e. The summed E-state index contributed by atoms with van der Waals surface area (Å²) in [4.78, 5) is 0. The van der Waals surface area contributed by atoms with Crippen LogP contribution in [0.25, 0.3) is 0 Å². The van der Waals surface area contributed by atoms with Gasteiger partial charge in [-0.1, -0.05) is 27.2 Å². The topological polar surface area (TPSA) is 21.3 Å². The van der Waals surface area contributed by atoms with Gasteiger partial charge >= 0.3 is 0 Å². The maximum Gasteiger partial charge on any atom is 0.0637 e. The molecule has 2 heteroatoms. The lowest BCUT2D eigenvalue weighted by molar-refractivity contribution is 0.00519. The molecule has 0 bridgehead atoms. The fourth-order valence-corrected chi connectivity index (χ4v) is 1.92.